The SMILES string of the molecule is C1=CCCc2c(cc(-c3ccc4ccc(-c5ccc6ccc(-c7ccc8ccccc8c7)nc6c5)cc4n3)c3cccnc23)C=C1. The van der Waals surface area contributed by atoms with Gasteiger partial charge in [-0.1, -0.05) is 103 Å². The summed E-state index contributed by atoms with van der Waals surface area (Å²) in [5, 5.41) is 5.84. The molecule has 0 N–H and O–H groups in total. The summed E-state index contributed by atoms with van der Waals surface area (Å²) in [6.07, 6.45) is 12.6. The lowest BCUT2D eigenvalue weighted by Crippen LogP contribution is -1.98. The Morgan fingerprint density at radius 3 is 2.04 bits per heavy atom. The molecule has 3 heteroatoms. The van der Waals surface area contributed by atoms with E-state index in [1.54, 1.807) is 0 Å². The van der Waals surface area contributed by atoms with Crippen LogP contribution in [-0.4, -0.2) is 15.0 Å². The molecule has 3 aromatic heterocycles. The van der Waals surface area contributed by atoms with E-state index in [-0.39, 0.29) is 0 Å². The molecule has 1 aliphatic carbocycles. The van der Waals surface area contributed by atoms with Gasteiger partial charge < -0.3 is 0 Å². The number of rotatable bonds is 3. The van der Waals surface area contributed by atoms with Gasteiger partial charge in [-0.25, -0.2) is 9.97 Å². The molecule has 0 saturated heterocycles. The molecule has 216 valence electrons. The van der Waals surface area contributed by atoms with Crippen LogP contribution in [0.25, 0.3) is 83.2 Å². The molecule has 8 aromatic rings. The summed E-state index contributed by atoms with van der Waals surface area (Å²) in [5.41, 5.74) is 11.9. The molecule has 5 aromatic carbocycles. The van der Waals surface area contributed by atoms with Gasteiger partial charge in [0.15, 0.2) is 0 Å². The summed E-state index contributed by atoms with van der Waals surface area (Å²) in [7, 11) is 0. The van der Waals surface area contributed by atoms with Gasteiger partial charge in [0, 0.05) is 33.5 Å². The summed E-state index contributed by atoms with van der Waals surface area (Å²) in [5.74, 6) is 0. The van der Waals surface area contributed by atoms with Crippen LogP contribution in [-0.2, 0) is 6.42 Å². The molecular weight excluding hydrogens is 558 g/mol. The highest BCUT2D eigenvalue weighted by atomic mass is 14.7. The zero-order valence-corrected chi connectivity index (χ0v) is 25.2. The minimum absolute atomic E-state index is 0.955. The lowest BCUT2D eigenvalue weighted by Gasteiger charge is -2.15. The van der Waals surface area contributed by atoms with Crippen LogP contribution < -0.4 is 0 Å². The Hall–Kier alpha value is -5.93. The Labute approximate surface area is 267 Å². The van der Waals surface area contributed by atoms with Crippen LogP contribution in [0.2, 0.25) is 0 Å². The van der Waals surface area contributed by atoms with Crippen molar-refractivity contribution >= 4 is 49.6 Å². The van der Waals surface area contributed by atoms with Crippen LogP contribution in [0.4, 0.5) is 0 Å². The third-order valence-corrected chi connectivity index (χ3v) is 9.15. The molecule has 0 fully saturated rings. The van der Waals surface area contributed by atoms with Crippen molar-refractivity contribution in [3.05, 3.63) is 157 Å². The second-order valence-corrected chi connectivity index (χ2v) is 12.0. The molecule has 46 heavy (non-hydrogen) atoms. The Morgan fingerprint density at radius 2 is 1.22 bits per heavy atom. The Balaban J connectivity index is 1.13. The van der Waals surface area contributed by atoms with Crippen LogP contribution in [0.15, 0.2) is 146 Å². The van der Waals surface area contributed by atoms with Crippen molar-refractivity contribution in [1.82, 2.24) is 15.0 Å². The van der Waals surface area contributed by atoms with Gasteiger partial charge in [0.25, 0.3) is 0 Å². The highest BCUT2D eigenvalue weighted by molar-refractivity contribution is 5.99. The summed E-state index contributed by atoms with van der Waals surface area (Å²) < 4.78 is 0. The molecule has 0 aliphatic heterocycles. The Bertz CT molecular complexity index is 2540. The van der Waals surface area contributed by atoms with Crippen molar-refractivity contribution < 1.29 is 0 Å². The number of nitrogens with zero attached hydrogens (tertiary/aromatic N) is 3. The first-order chi connectivity index (χ1) is 22.8. The molecule has 0 bridgehead atoms. The predicted octanol–water partition coefficient (Wildman–Crippen LogP) is 11.0. The second-order valence-electron chi connectivity index (χ2n) is 12.0. The quantitative estimate of drug-likeness (QED) is 0.206. The molecule has 0 saturated carbocycles. The van der Waals surface area contributed by atoms with Gasteiger partial charge in [0.2, 0.25) is 0 Å². The number of benzene rings is 5. The lowest BCUT2D eigenvalue weighted by atomic mass is 9.92. The van der Waals surface area contributed by atoms with E-state index in [9.17, 15) is 0 Å². The highest BCUT2D eigenvalue weighted by Crippen LogP contribution is 2.35. The topological polar surface area (TPSA) is 38.7 Å². The molecule has 0 spiro atoms. The molecule has 0 radical (unpaired) electrons. The molecule has 3 nitrogen and oxygen atoms in total. The van der Waals surface area contributed by atoms with Crippen molar-refractivity contribution in [2.24, 2.45) is 0 Å². The summed E-state index contributed by atoms with van der Waals surface area (Å²) in [6.45, 7) is 0. The molecule has 9 rings (SSSR count). The van der Waals surface area contributed by atoms with E-state index in [2.05, 4.69) is 140 Å². The molecule has 3 heterocycles. The number of hydrogen-bond donors (Lipinski definition) is 0. The van der Waals surface area contributed by atoms with Gasteiger partial charge in [-0.2, -0.15) is 0 Å². The van der Waals surface area contributed by atoms with Gasteiger partial charge in [0.05, 0.1) is 27.9 Å². The fraction of sp³-hybridized carbons (Fsp3) is 0.0465. The first kappa shape index (κ1) is 26.5. The van der Waals surface area contributed by atoms with Crippen molar-refractivity contribution in [3.8, 4) is 33.6 Å². The number of allylic oxidation sites excluding steroid dienone is 3. The average molecular weight is 588 g/mol. The smallest absolute Gasteiger partial charge is 0.0746 e. The van der Waals surface area contributed by atoms with Gasteiger partial charge in [-0.3, -0.25) is 4.98 Å². The monoisotopic (exact) mass is 587 g/mol. The molecule has 0 amide bonds. The van der Waals surface area contributed by atoms with Crippen molar-refractivity contribution in [3.63, 3.8) is 0 Å². The fourth-order valence-corrected chi connectivity index (χ4v) is 6.76. The fourth-order valence-electron chi connectivity index (χ4n) is 6.76. The van der Waals surface area contributed by atoms with Crippen LogP contribution in [0, 0.1) is 0 Å². The number of aromatic nitrogens is 3. The molecular formula is C43H29N3. The first-order valence-electron chi connectivity index (χ1n) is 15.8. The van der Waals surface area contributed by atoms with Crippen LogP contribution >= 0.6 is 0 Å². The Morgan fingerprint density at radius 1 is 0.522 bits per heavy atom. The van der Waals surface area contributed by atoms with Crippen LogP contribution in [0.5, 0.6) is 0 Å². The largest absolute Gasteiger partial charge is 0.256 e. The van der Waals surface area contributed by atoms with Crippen molar-refractivity contribution in [2.45, 2.75) is 12.8 Å². The zero-order valence-electron chi connectivity index (χ0n) is 25.2. The maximum Gasteiger partial charge on any atom is 0.0746 e. The standard InChI is InChI=1S/C43H29N3/c1-2-4-11-36-34(10-3-1)25-38(37-12-7-23-44-43(36)37)40-22-20-30-15-17-33(27-42(30)46-40)32-16-14-29-19-21-39(45-41(29)26-32)35-18-13-28-8-5-6-9-31(28)24-35/h1-3,5-10,12-27H,4,11H2. The lowest BCUT2D eigenvalue weighted by molar-refractivity contribution is 1.00. The molecule has 1 aliphatic rings. The summed E-state index contributed by atoms with van der Waals surface area (Å²) in [6, 6.07) is 43.2. The van der Waals surface area contributed by atoms with E-state index in [1.807, 2.05) is 12.3 Å². The van der Waals surface area contributed by atoms with E-state index >= 15 is 0 Å². The van der Waals surface area contributed by atoms with Gasteiger partial charge in [-0.15, -0.1) is 0 Å². The van der Waals surface area contributed by atoms with Gasteiger partial charge >= 0.3 is 0 Å². The number of aryl methyl sites for hydroxylation is 1. The van der Waals surface area contributed by atoms with Gasteiger partial charge in [0.1, 0.15) is 0 Å². The highest BCUT2D eigenvalue weighted by Gasteiger charge is 2.15. The zero-order chi connectivity index (χ0) is 30.5. The predicted molar refractivity (Wildman–Crippen MR) is 193 cm³/mol. The second kappa shape index (κ2) is 10.9. The van der Waals surface area contributed by atoms with Crippen molar-refractivity contribution in [2.75, 3.05) is 0 Å². The average Bonchev–Trinajstić information content (AvgIpc) is 3.10. The van der Waals surface area contributed by atoms with E-state index in [0.29, 0.717) is 0 Å². The Kier molecular flexibility index (Phi) is 6.27. The van der Waals surface area contributed by atoms with E-state index < -0.39 is 0 Å². The number of fused-ring (bicyclic) bond motifs is 6. The normalized spacial score (nSPS) is 12.9. The van der Waals surface area contributed by atoms with Crippen LogP contribution in [0.1, 0.15) is 17.5 Å². The minimum atomic E-state index is 0.955. The van der Waals surface area contributed by atoms with Crippen LogP contribution in [0.3, 0.4) is 0 Å². The number of hydrogen-bond acceptors (Lipinski definition) is 3. The third-order valence-electron chi connectivity index (χ3n) is 9.15. The molecule has 0 unspecified atom stereocenters. The summed E-state index contributed by atoms with van der Waals surface area (Å²) in [4.78, 5) is 15.2. The van der Waals surface area contributed by atoms with E-state index in [0.717, 1.165) is 79.2 Å². The van der Waals surface area contributed by atoms with Gasteiger partial charge in [-0.05, 0) is 88.3 Å². The van der Waals surface area contributed by atoms with E-state index in [1.165, 1.54) is 21.9 Å². The molecule has 0 atom stereocenters. The van der Waals surface area contributed by atoms with E-state index in [4.69, 9.17) is 15.0 Å². The maximum atomic E-state index is 5.23. The number of pyridine rings is 3. The third kappa shape index (κ3) is 4.65. The first-order valence-corrected chi connectivity index (χ1v) is 15.8. The summed E-state index contributed by atoms with van der Waals surface area (Å²) >= 11 is 0. The van der Waals surface area contributed by atoms with Crippen molar-refractivity contribution in [1.29, 1.82) is 0 Å². The minimum Gasteiger partial charge on any atom is -0.256 e. The maximum absolute atomic E-state index is 5.23.